The number of hydrogen-bond donors (Lipinski definition) is 1. The molecule has 0 atom stereocenters. The quantitative estimate of drug-likeness (QED) is 0.814. The summed E-state index contributed by atoms with van der Waals surface area (Å²) < 4.78 is 18.6. The van der Waals surface area contributed by atoms with Crippen molar-refractivity contribution in [3.05, 3.63) is 35.8 Å². The molecule has 0 fully saturated rings. The first kappa shape index (κ1) is 14.7. The molecule has 108 valence electrons. The summed E-state index contributed by atoms with van der Waals surface area (Å²) >= 11 is 0. The highest BCUT2D eigenvalue weighted by atomic mass is 19.1. The van der Waals surface area contributed by atoms with Gasteiger partial charge in [0.25, 0.3) is 0 Å². The normalized spacial score (nSPS) is 12.0. The van der Waals surface area contributed by atoms with Crippen molar-refractivity contribution < 1.29 is 13.6 Å². The van der Waals surface area contributed by atoms with E-state index in [-0.39, 0.29) is 17.0 Å². The smallest absolute Gasteiger partial charge is 0.198 e. The van der Waals surface area contributed by atoms with Crippen LogP contribution in [-0.2, 0) is 0 Å². The molecule has 2 N–H and O–H groups in total. The van der Waals surface area contributed by atoms with Gasteiger partial charge in [-0.1, -0.05) is 13.8 Å². The van der Waals surface area contributed by atoms with Gasteiger partial charge in [-0.2, -0.15) is 0 Å². The van der Waals surface area contributed by atoms with Gasteiger partial charge in [0.05, 0.1) is 0 Å². The minimum atomic E-state index is -0.332. The van der Waals surface area contributed by atoms with Crippen molar-refractivity contribution in [2.75, 3.05) is 6.54 Å². The van der Waals surface area contributed by atoms with Crippen molar-refractivity contribution in [3.8, 4) is 0 Å². The van der Waals surface area contributed by atoms with Gasteiger partial charge in [0.1, 0.15) is 11.4 Å². The van der Waals surface area contributed by atoms with Crippen molar-refractivity contribution >= 4 is 16.8 Å². The fourth-order valence-corrected chi connectivity index (χ4v) is 2.24. The minimum absolute atomic E-state index is 0.0442. The van der Waals surface area contributed by atoms with Crippen LogP contribution in [0, 0.1) is 11.2 Å². The van der Waals surface area contributed by atoms with Crippen molar-refractivity contribution in [3.63, 3.8) is 0 Å². The molecular formula is C16H20FNO2. The third kappa shape index (κ3) is 3.45. The lowest BCUT2D eigenvalue weighted by Crippen LogP contribution is -2.18. The van der Waals surface area contributed by atoms with Gasteiger partial charge in [0.2, 0.25) is 0 Å². The van der Waals surface area contributed by atoms with Crippen LogP contribution in [0.2, 0.25) is 0 Å². The molecule has 4 heteroatoms. The Kier molecular flexibility index (Phi) is 4.23. The molecule has 0 saturated heterocycles. The van der Waals surface area contributed by atoms with Crippen LogP contribution in [0.25, 0.3) is 11.0 Å². The maximum Gasteiger partial charge on any atom is 0.198 e. The molecule has 0 bridgehead atoms. The largest absolute Gasteiger partial charge is 0.453 e. The highest BCUT2D eigenvalue weighted by Crippen LogP contribution is 2.28. The lowest BCUT2D eigenvalue weighted by molar-refractivity contribution is 0.0936. The Labute approximate surface area is 117 Å². The van der Waals surface area contributed by atoms with Crippen LogP contribution in [0.3, 0.4) is 0 Å². The van der Waals surface area contributed by atoms with E-state index in [4.69, 9.17) is 10.2 Å². The lowest BCUT2D eigenvalue weighted by atomic mass is 9.83. The van der Waals surface area contributed by atoms with Gasteiger partial charge in [-0.25, -0.2) is 4.39 Å². The molecular weight excluding hydrogens is 257 g/mol. The lowest BCUT2D eigenvalue weighted by Gasteiger charge is -2.22. The average Bonchev–Trinajstić information content (AvgIpc) is 2.79. The van der Waals surface area contributed by atoms with Crippen LogP contribution in [0.4, 0.5) is 4.39 Å². The Morgan fingerprint density at radius 1 is 1.30 bits per heavy atom. The number of hydrogen-bond acceptors (Lipinski definition) is 3. The van der Waals surface area contributed by atoms with Crippen molar-refractivity contribution in [2.24, 2.45) is 11.1 Å². The molecule has 1 aromatic carbocycles. The van der Waals surface area contributed by atoms with Crippen molar-refractivity contribution in [1.82, 2.24) is 0 Å². The number of halogens is 1. The summed E-state index contributed by atoms with van der Waals surface area (Å²) in [7, 11) is 0. The first-order chi connectivity index (χ1) is 9.41. The maximum absolute atomic E-state index is 13.1. The molecule has 3 nitrogen and oxygen atoms in total. The molecule has 2 aromatic rings. The highest BCUT2D eigenvalue weighted by molar-refractivity contribution is 5.97. The Morgan fingerprint density at radius 3 is 2.75 bits per heavy atom. The number of carbonyl (C=O) groups is 1. The minimum Gasteiger partial charge on any atom is -0.453 e. The second-order valence-corrected chi connectivity index (χ2v) is 5.92. The molecule has 1 heterocycles. The Morgan fingerprint density at radius 2 is 2.05 bits per heavy atom. The molecule has 0 aliphatic heterocycles. The average molecular weight is 277 g/mol. The number of nitrogens with two attached hydrogens (primary N) is 1. The van der Waals surface area contributed by atoms with E-state index in [2.05, 4.69) is 13.8 Å². The molecule has 0 spiro atoms. The summed E-state index contributed by atoms with van der Waals surface area (Å²) in [4.78, 5) is 12.1. The van der Waals surface area contributed by atoms with Crippen molar-refractivity contribution in [2.45, 2.75) is 33.1 Å². The third-order valence-corrected chi connectivity index (χ3v) is 3.60. The summed E-state index contributed by atoms with van der Waals surface area (Å²) in [5.41, 5.74) is 6.14. The number of furan rings is 1. The van der Waals surface area contributed by atoms with E-state index in [0.29, 0.717) is 29.7 Å². The van der Waals surface area contributed by atoms with E-state index in [1.807, 2.05) is 0 Å². The number of Topliss-reactive ketones (excluding diaryl/α,β-unsaturated/α-hetero) is 1. The molecule has 1 aromatic heterocycles. The first-order valence-electron chi connectivity index (χ1n) is 6.84. The fourth-order valence-electron chi connectivity index (χ4n) is 2.24. The highest BCUT2D eigenvalue weighted by Gasteiger charge is 2.20. The number of rotatable bonds is 6. The maximum atomic E-state index is 13.1. The van der Waals surface area contributed by atoms with E-state index in [0.717, 1.165) is 12.8 Å². The van der Waals surface area contributed by atoms with Gasteiger partial charge in [0.15, 0.2) is 11.5 Å². The summed E-state index contributed by atoms with van der Waals surface area (Å²) in [6.07, 6.45) is 2.05. The van der Waals surface area contributed by atoms with E-state index in [1.54, 1.807) is 12.1 Å². The number of carbonyl (C=O) groups excluding carboxylic acids is 1. The van der Waals surface area contributed by atoms with Crippen LogP contribution < -0.4 is 5.73 Å². The molecule has 20 heavy (non-hydrogen) atoms. The second-order valence-electron chi connectivity index (χ2n) is 5.92. The van der Waals surface area contributed by atoms with E-state index >= 15 is 0 Å². The van der Waals surface area contributed by atoms with Gasteiger partial charge in [-0.3, -0.25) is 4.79 Å². The monoisotopic (exact) mass is 277 g/mol. The first-order valence-corrected chi connectivity index (χ1v) is 6.84. The SMILES string of the molecule is CC(C)(CCN)CCC(=O)c1cc2cc(F)ccc2o1. The molecule has 0 radical (unpaired) electrons. The van der Waals surface area contributed by atoms with E-state index in [9.17, 15) is 9.18 Å². The zero-order valence-electron chi connectivity index (χ0n) is 11.9. The Bertz CT molecular complexity index is 616. The van der Waals surface area contributed by atoms with Gasteiger partial charge in [0, 0.05) is 11.8 Å². The van der Waals surface area contributed by atoms with Crippen LogP contribution in [0.1, 0.15) is 43.7 Å². The van der Waals surface area contributed by atoms with Gasteiger partial charge < -0.3 is 10.2 Å². The van der Waals surface area contributed by atoms with Crippen LogP contribution in [0.15, 0.2) is 28.7 Å². The summed E-state index contributed by atoms with van der Waals surface area (Å²) in [6.45, 7) is 4.81. The van der Waals surface area contributed by atoms with Gasteiger partial charge in [-0.05, 0) is 49.1 Å². The molecule has 0 aliphatic rings. The van der Waals surface area contributed by atoms with E-state index < -0.39 is 0 Å². The Balaban J connectivity index is 2.08. The zero-order valence-corrected chi connectivity index (χ0v) is 11.9. The molecule has 0 saturated carbocycles. The summed E-state index contributed by atoms with van der Waals surface area (Å²) in [6, 6.07) is 5.84. The number of ketones is 1. The fraction of sp³-hybridized carbons (Fsp3) is 0.438. The summed E-state index contributed by atoms with van der Waals surface area (Å²) in [5.74, 6) is -0.0813. The second kappa shape index (κ2) is 5.75. The summed E-state index contributed by atoms with van der Waals surface area (Å²) in [5, 5.41) is 0.620. The predicted molar refractivity (Wildman–Crippen MR) is 77.2 cm³/mol. The molecule has 0 aliphatic carbocycles. The van der Waals surface area contributed by atoms with Crippen molar-refractivity contribution in [1.29, 1.82) is 0 Å². The molecule has 0 unspecified atom stereocenters. The van der Waals surface area contributed by atoms with E-state index in [1.165, 1.54) is 12.1 Å². The van der Waals surface area contributed by atoms with Crippen LogP contribution in [0.5, 0.6) is 0 Å². The molecule has 0 amide bonds. The number of benzene rings is 1. The van der Waals surface area contributed by atoms with Crippen LogP contribution >= 0.6 is 0 Å². The third-order valence-electron chi connectivity index (χ3n) is 3.60. The van der Waals surface area contributed by atoms with Crippen LogP contribution in [-0.4, -0.2) is 12.3 Å². The zero-order chi connectivity index (χ0) is 14.8. The predicted octanol–water partition coefficient (Wildman–Crippen LogP) is 3.91. The standard InChI is InChI=1S/C16H20FNO2/c1-16(2,7-8-18)6-5-13(19)15-10-11-9-12(17)3-4-14(11)20-15/h3-4,9-10H,5-8,18H2,1-2H3. The van der Waals surface area contributed by atoms with Gasteiger partial charge >= 0.3 is 0 Å². The van der Waals surface area contributed by atoms with Gasteiger partial charge in [-0.15, -0.1) is 0 Å². The Hall–Kier alpha value is -1.68. The topological polar surface area (TPSA) is 56.2 Å². The number of fused-ring (bicyclic) bond motifs is 1. The molecule has 2 rings (SSSR count).